The Bertz CT molecular complexity index is 1780. The quantitative estimate of drug-likeness (QED) is 0.0299. The Labute approximate surface area is 485 Å². The number of unbranched alkanes of at least 4 members (excludes halogenated alkanes) is 33. The van der Waals surface area contributed by atoms with Crippen LogP contribution < -0.4 is 16.0 Å². The molecular formula is C73H115N3O3. The van der Waals surface area contributed by atoms with E-state index in [9.17, 15) is 14.4 Å². The largest absolute Gasteiger partial charge is 0.326 e. The fourth-order valence-corrected chi connectivity index (χ4v) is 10.6. The van der Waals surface area contributed by atoms with Gasteiger partial charge in [0.25, 0.3) is 0 Å². The summed E-state index contributed by atoms with van der Waals surface area (Å²) in [6.45, 7) is 6.82. The highest BCUT2D eigenvalue weighted by atomic mass is 16.2. The average molecular weight is 1080 g/mol. The van der Waals surface area contributed by atoms with Gasteiger partial charge < -0.3 is 16.0 Å². The van der Waals surface area contributed by atoms with Gasteiger partial charge in [-0.15, -0.1) is 0 Å². The summed E-state index contributed by atoms with van der Waals surface area (Å²) >= 11 is 0. The standard InChI is InChI=1S/C73H115N3O3/c1-4-7-10-13-16-19-22-25-28-31-34-37-40-43-46-49-70(77)74-67-58-52-64(53-59-67)73(65-54-60-68(61-55-65)75-71(78)50-47-44-41-38-35-32-29-26-23-20-17-14-11-8-5-2)66-56-62-69(63-57-66)76-72(79)51-48-45-42-39-36-33-30-27-24-21-18-15-12-9-6-3/h25-30,52-63,73H,4-24,31-51H2,1-3H3,(H,74,77)(H,75,78)(H,76,79). The van der Waals surface area contributed by atoms with Gasteiger partial charge in [-0.2, -0.15) is 0 Å². The predicted octanol–water partition coefficient (Wildman–Crippen LogP) is 22.8. The number of carbonyl (C=O) groups excluding carboxylic acids is 3. The van der Waals surface area contributed by atoms with Crippen molar-refractivity contribution in [3.63, 3.8) is 0 Å². The normalized spacial score (nSPS) is 12.0. The first-order chi connectivity index (χ1) is 38.9. The maximum absolute atomic E-state index is 13.0. The van der Waals surface area contributed by atoms with Gasteiger partial charge in [0.1, 0.15) is 0 Å². The average Bonchev–Trinajstić information content (AvgIpc) is 3.49. The van der Waals surface area contributed by atoms with Gasteiger partial charge in [-0.3, -0.25) is 14.4 Å². The molecule has 0 atom stereocenters. The fourth-order valence-electron chi connectivity index (χ4n) is 10.6. The molecule has 3 N–H and O–H groups in total. The first-order valence-electron chi connectivity index (χ1n) is 33.1. The second-order valence-electron chi connectivity index (χ2n) is 22.9. The number of carbonyl (C=O) groups is 3. The number of nitrogens with one attached hydrogen (secondary N) is 3. The summed E-state index contributed by atoms with van der Waals surface area (Å²) in [5, 5.41) is 9.42. The van der Waals surface area contributed by atoms with Crippen LogP contribution >= 0.6 is 0 Å². The van der Waals surface area contributed by atoms with E-state index in [0.717, 1.165) is 91.5 Å². The summed E-state index contributed by atoms with van der Waals surface area (Å²) in [4.78, 5) is 39.0. The van der Waals surface area contributed by atoms with E-state index in [4.69, 9.17) is 0 Å². The maximum Gasteiger partial charge on any atom is 0.224 e. The van der Waals surface area contributed by atoms with Crippen LogP contribution in [0, 0.1) is 0 Å². The van der Waals surface area contributed by atoms with E-state index in [2.05, 4.69) is 110 Å². The molecule has 79 heavy (non-hydrogen) atoms. The van der Waals surface area contributed by atoms with Crippen LogP contribution in [0.5, 0.6) is 0 Å². The van der Waals surface area contributed by atoms with E-state index in [1.165, 1.54) is 193 Å². The van der Waals surface area contributed by atoms with Crippen LogP contribution in [-0.4, -0.2) is 17.7 Å². The van der Waals surface area contributed by atoms with Gasteiger partial charge in [-0.25, -0.2) is 0 Å². The summed E-state index contributed by atoms with van der Waals surface area (Å²) in [5.41, 5.74) is 5.68. The van der Waals surface area contributed by atoms with Crippen LogP contribution in [0.1, 0.15) is 313 Å². The lowest BCUT2D eigenvalue weighted by atomic mass is 9.85. The van der Waals surface area contributed by atoms with E-state index in [0.29, 0.717) is 19.3 Å². The number of anilines is 3. The van der Waals surface area contributed by atoms with Crippen molar-refractivity contribution in [1.29, 1.82) is 0 Å². The van der Waals surface area contributed by atoms with E-state index in [-0.39, 0.29) is 23.6 Å². The van der Waals surface area contributed by atoms with Gasteiger partial charge >= 0.3 is 0 Å². The van der Waals surface area contributed by atoms with E-state index < -0.39 is 0 Å². The molecule has 0 saturated carbocycles. The lowest BCUT2D eigenvalue weighted by Crippen LogP contribution is -2.12. The summed E-state index contributed by atoms with van der Waals surface area (Å²) in [6.07, 6.45) is 64.1. The Morgan fingerprint density at radius 3 is 0.684 bits per heavy atom. The molecule has 0 aliphatic heterocycles. The van der Waals surface area contributed by atoms with Crippen LogP contribution in [0.25, 0.3) is 0 Å². The number of hydrogen-bond acceptors (Lipinski definition) is 3. The van der Waals surface area contributed by atoms with Crippen molar-refractivity contribution in [2.24, 2.45) is 0 Å². The molecule has 0 radical (unpaired) electrons. The maximum atomic E-state index is 13.0. The minimum atomic E-state index is -0.0957. The lowest BCUT2D eigenvalue weighted by molar-refractivity contribution is -0.117. The second-order valence-corrected chi connectivity index (χ2v) is 22.9. The zero-order valence-electron chi connectivity index (χ0n) is 50.9. The third kappa shape index (κ3) is 37.0. The minimum absolute atomic E-state index is 0.0618. The smallest absolute Gasteiger partial charge is 0.224 e. The number of allylic oxidation sites excluding steroid dienone is 6. The third-order valence-corrected chi connectivity index (χ3v) is 15.6. The van der Waals surface area contributed by atoms with Crippen LogP contribution in [0.15, 0.2) is 109 Å². The monoisotopic (exact) mass is 1080 g/mol. The zero-order chi connectivity index (χ0) is 56.3. The molecule has 0 aromatic heterocycles. The molecule has 440 valence electrons. The molecule has 3 aromatic carbocycles. The molecule has 6 heteroatoms. The Kier molecular flexibility index (Phi) is 42.6. The number of rotatable bonds is 51. The Morgan fingerprint density at radius 1 is 0.278 bits per heavy atom. The van der Waals surface area contributed by atoms with Crippen molar-refractivity contribution in [2.45, 2.75) is 296 Å². The summed E-state index contributed by atoms with van der Waals surface area (Å²) in [7, 11) is 0. The molecule has 0 fully saturated rings. The molecule has 0 spiro atoms. The number of hydrogen-bond donors (Lipinski definition) is 3. The van der Waals surface area contributed by atoms with E-state index >= 15 is 0 Å². The van der Waals surface area contributed by atoms with E-state index in [1.807, 2.05) is 36.4 Å². The Balaban J connectivity index is 1.47. The van der Waals surface area contributed by atoms with Crippen molar-refractivity contribution in [2.75, 3.05) is 16.0 Å². The van der Waals surface area contributed by atoms with Crippen molar-refractivity contribution in [1.82, 2.24) is 0 Å². The summed E-state index contributed by atoms with van der Waals surface area (Å²) in [6, 6.07) is 24.7. The molecule has 3 amide bonds. The molecule has 0 aliphatic rings. The molecule has 0 heterocycles. The fraction of sp³-hybridized carbons (Fsp3) is 0.630. The molecule has 6 nitrogen and oxygen atoms in total. The number of benzene rings is 3. The second kappa shape index (κ2) is 49.1. The SMILES string of the molecule is CCCCCCCCC=CCCCCCCCC(=O)Nc1ccc(C(c2ccc(NC(=O)CCCCCCCC=CCCCCCCCC)cc2)c2ccc(NC(=O)CCCCCCCC=CCCCCCCCC)cc2)cc1. The molecule has 0 bridgehead atoms. The van der Waals surface area contributed by atoms with Gasteiger partial charge in [0.2, 0.25) is 17.7 Å². The summed E-state index contributed by atoms with van der Waals surface area (Å²) < 4.78 is 0. The van der Waals surface area contributed by atoms with Crippen LogP contribution in [0.3, 0.4) is 0 Å². The van der Waals surface area contributed by atoms with Crippen molar-refractivity contribution >= 4 is 34.8 Å². The Morgan fingerprint density at radius 2 is 0.468 bits per heavy atom. The Hall–Kier alpha value is -4.71. The third-order valence-electron chi connectivity index (χ3n) is 15.6. The summed E-state index contributed by atoms with van der Waals surface area (Å²) in [5.74, 6) is 0.0896. The minimum Gasteiger partial charge on any atom is -0.326 e. The molecule has 0 unspecified atom stereocenters. The first-order valence-corrected chi connectivity index (χ1v) is 33.1. The molecule has 3 rings (SSSR count). The highest BCUT2D eigenvalue weighted by Crippen LogP contribution is 2.34. The molecular weight excluding hydrogens is 967 g/mol. The topological polar surface area (TPSA) is 87.3 Å². The molecule has 0 saturated heterocycles. The molecule has 3 aromatic rings. The van der Waals surface area contributed by atoms with Gasteiger partial charge in [-0.1, -0.05) is 248 Å². The van der Waals surface area contributed by atoms with Gasteiger partial charge in [0.05, 0.1) is 0 Å². The lowest BCUT2D eigenvalue weighted by Gasteiger charge is -2.20. The van der Waals surface area contributed by atoms with Crippen molar-refractivity contribution < 1.29 is 14.4 Å². The zero-order valence-corrected chi connectivity index (χ0v) is 50.9. The van der Waals surface area contributed by atoms with Crippen molar-refractivity contribution in [3.05, 3.63) is 126 Å². The predicted molar refractivity (Wildman–Crippen MR) is 345 cm³/mol. The molecule has 0 aliphatic carbocycles. The van der Waals surface area contributed by atoms with Crippen LogP contribution in [0.2, 0.25) is 0 Å². The van der Waals surface area contributed by atoms with E-state index in [1.54, 1.807) is 0 Å². The first kappa shape index (κ1) is 68.6. The van der Waals surface area contributed by atoms with Gasteiger partial charge in [0.15, 0.2) is 0 Å². The van der Waals surface area contributed by atoms with Crippen LogP contribution in [0.4, 0.5) is 17.1 Å². The van der Waals surface area contributed by atoms with Gasteiger partial charge in [0, 0.05) is 42.2 Å². The number of amides is 3. The highest BCUT2D eigenvalue weighted by Gasteiger charge is 2.18. The van der Waals surface area contributed by atoms with Crippen molar-refractivity contribution in [3.8, 4) is 0 Å². The highest BCUT2D eigenvalue weighted by molar-refractivity contribution is 5.92. The van der Waals surface area contributed by atoms with Crippen LogP contribution in [-0.2, 0) is 14.4 Å². The van der Waals surface area contributed by atoms with Gasteiger partial charge in [-0.05, 0) is 149 Å².